The third-order valence-electron chi connectivity index (χ3n) is 3.28. The molecular weight excluding hydrogens is 319 g/mol. The van der Waals surface area contributed by atoms with Crippen molar-refractivity contribution in [3.05, 3.63) is 57.6 Å². The molecule has 0 saturated carbocycles. The van der Waals surface area contributed by atoms with Crippen LogP contribution in [0.3, 0.4) is 0 Å². The van der Waals surface area contributed by atoms with Gasteiger partial charge in [0, 0.05) is 18.7 Å². The smallest absolute Gasteiger partial charge is 0.226 e. The minimum Gasteiger partial charge on any atom is -0.383 e. The van der Waals surface area contributed by atoms with Gasteiger partial charge in [0.2, 0.25) is 5.91 Å². The number of carbonyl (C=O) groups excluding carboxylic acids is 1. The Bertz CT molecular complexity index is 686. The number of anilines is 2. The number of rotatable bonds is 5. The molecule has 1 amide bonds. The number of nitrogens with one attached hydrogen (secondary N) is 2. The molecule has 0 heterocycles. The number of halogens is 2. The Morgan fingerprint density at radius 3 is 2.59 bits per heavy atom. The molecule has 116 valence electrons. The van der Waals surface area contributed by atoms with Crippen LogP contribution in [0.2, 0.25) is 10.0 Å². The largest absolute Gasteiger partial charge is 0.383 e. The third-order valence-corrected chi connectivity index (χ3v) is 4.09. The van der Waals surface area contributed by atoms with Gasteiger partial charge in [-0.3, -0.25) is 4.79 Å². The van der Waals surface area contributed by atoms with Crippen LogP contribution in [0.1, 0.15) is 17.5 Å². The van der Waals surface area contributed by atoms with E-state index in [2.05, 4.69) is 10.6 Å². The van der Waals surface area contributed by atoms with Gasteiger partial charge < -0.3 is 10.6 Å². The summed E-state index contributed by atoms with van der Waals surface area (Å²) in [7, 11) is 0. The van der Waals surface area contributed by atoms with Gasteiger partial charge in [-0.05, 0) is 37.6 Å². The van der Waals surface area contributed by atoms with Gasteiger partial charge in [-0.2, -0.15) is 0 Å². The molecule has 0 aliphatic heterocycles. The second-order valence-corrected chi connectivity index (χ2v) is 5.93. The van der Waals surface area contributed by atoms with Crippen LogP contribution in [-0.2, 0) is 4.79 Å². The van der Waals surface area contributed by atoms with Crippen molar-refractivity contribution in [2.45, 2.75) is 20.3 Å². The van der Waals surface area contributed by atoms with Gasteiger partial charge in [0.1, 0.15) is 0 Å². The van der Waals surface area contributed by atoms with E-state index < -0.39 is 0 Å². The first kappa shape index (κ1) is 16.7. The van der Waals surface area contributed by atoms with E-state index in [1.807, 2.05) is 44.2 Å². The maximum atomic E-state index is 12.0. The number of aryl methyl sites for hydroxylation is 2. The molecule has 0 aliphatic carbocycles. The predicted octanol–water partition coefficient (Wildman–Crippen LogP) is 5.05. The van der Waals surface area contributed by atoms with Crippen LogP contribution in [0.5, 0.6) is 0 Å². The fourth-order valence-corrected chi connectivity index (χ4v) is 2.48. The summed E-state index contributed by atoms with van der Waals surface area (Å²) in [5.41, 5.74) is 3.80. The number of amides is 1. The number of hydrogen-bond acceptors (Lipinski definition) is 2. The van der Waals surface area contributed by atoms with Crippen molar-refractivity contribution in [1.29, 1.82) is 0 Å². The van der Waals surface area contributed by atoms with Crippen LogP contribution < -0.4 is 10.6 Å². The van der Waals surface area contributed by atoms with E-state index in [1.54, 1.807) is 6.07 Å². The molecule has 2 rings (SSSR count). The first-order valence-corrected chi connectivity index (χ1v) is 7.78. The fourth-order valence-electron chi connectivity index (χ4n) is 2.12. The molecule has 2 N–H and O–H groups in total. The Kier molecular flexibility index (Phi) is 5.69. The molecule has 3 nitrogen and oxygen atoms in total. The quantitative estimate of drug-likeness (QED) is 0.801. The van der Waals surface area contributed by atoms with Crippen LogP contribution in [-0.4, -0.2) is 12.5 Å². The van der Waals surface area contributed by atoms with E-state index in [9.17, 15) is 4.79 Å². The predicted molar refractivity (Wildman–Crippen MR) is 94.1 cm³/mol. The normalized spacial score (nSPS) is 10.4. The average Bonchev–Trinajstić information content (AvgIpc) is 2.46. The van der Waals surface area contributed by atoms with Crippen LogP contribution in [0.4, 0.5) is 11.4 Å². The van der Waals surface area contributed by atoms with E-state index in [-0.39, 0.29) is 5.91 Å². The van der Waals surface area contributed by atoms with Crippen molar-refractivity contribution < 1.29 is 4.79 Å². The summed E-state index contributed by atoms with van der Waals surface area (Å²) in [6, 6.07) is 11.3. The zero-order valence-corrected chi connectivity index (χ0v) is 14.1. The molecule has 2 aromatic rings. The molecule has 0 radical (unpaired) electrons. The standard InChI is InChI=1S/C17H18Cl2N2O/c1-11-6-7-14(12(2)10-11)21-16(22)8-9-20-15-5-3-4-13(18)17(15)19/h3-7,10,20H,8-9H2,1-2H3,(H,21,22). The van der Waals surface area contributed by atoms with Gasteiger partial charge in [0.15, 0.2) is 0 Å². The maximum absolute atomic E-state index is 12.0. The van der Waals surface area contributed by atoms with Gasteiger partial charge in [-0.25, -0.2) is 0 Å². The molecule has 0 unspecified atom stereocenters. The van der Waals surface area contributed by atoms with Crippen LogP contribution in [0.25, 0.3) is 0 Å². The van der Waals surface area contributed by atoms with Crippen molar-refractivity contribution in [2.75, 3.05) is 17.2 Å². The van der Waals surface area contributed by atoms with Crippen LogP contribution >= 0.6 is 23.2 Å². The zero-order chi connectivity index (χ0) is 16.1. The lowest BCUT2D eigenvalue weighted by Crippen LogP contribution is -2.17. The second-order valence-electron chi connectivity index (χ2n) is 5.14. The molecule has 0 saturated heterocycles. The van der Waals surface area contributed by atoms with Crippen LogP contribution in [0.15, 0.2) is 36.4 Å². The highest BCUT2D eigenvalue weighted by Gasteiger charge is 2.07. The summed E-state index contributed by atoms with van der Waals surface area (Å²) in [6.07, 6.45) is 0.343. The summed E-state index contributed by atoms with van der Waals surface area (Å²) in [6.45, 7) is 4.49. The summed E-state index contributed by atoms with van der Waals surface area (Å²) in [4.78, 5) is 12.0. The lowest BCUT2D eigenvalue weighted by molar-refractivity contribution is -0.115. The van der Waals surface area contributed by atoms with Crippen molar-refractivity contribution in [3.8, 4) is 0 Å². The van der Waals surface area contributed by atoms with E-state index >= 15 is 0 Å². The SMILES string of the molecule is Cc1ccc(NC(=O)CCNc2cccc(Cl)c2Cl)c(C)c1. The van der Waals surface area contributed by atoms with E-state index in [1.165, 1.54) is 5.56 Å². The Balaban J connectivity index is 1.87. The lowest BCUT2D eigenvalue weighted by atomic mass is 10.1. The summed E-state index contributed by atoms with van der Waals surface area (Å²) in [5.74, 6) is -0.0439. The Labute approximate surface area is 140 Å². The van der Waals surface area contributed by atoms with Crippen molar-refractivity contribution in [1.82, 2.24) is 0 Å². The van der Waals surface area contributed by atoms with Gasteiger partial charge in [0.25, 0.3) is 0 Å². The summed E-state index contributed by atoms with van der Waals surface area (Å²) < 4.78 is 0. The summed E-state index contributed by atoms with van der Waals surface area (Å²) >= 11 is 12.0. The lowest BCUT2D eigenvalue weighted by Gasteiger charge is -2.11. The highest BCUT2D eigenvalue weighted by Crippen LogP contribution is 2.29. The molecule has 0 aromatic heterocycles. The van der Waals surface area contributed by atoms with Gasteiger partial charge in [-0.1, -0.05) is 47.0 Å². The number of hydrogen-bond donors (Lipinski definition) is 2. The van der Waals surface area contributed by atoms with Gasteiger partial charge >= 0.3 is 0 Å². The molecule has 0 fully saturated rings. The number of carbonyl (C=O) groups is 1. The molecule has 22 heavy (non-hydrogen) atoms. The van der Waals surface area contributed by atoms with E-state index in [4.69, 9.17) is 23.2 Å². The highest BCUT2D eigenvalue weighted by atomic mass is 35.5. The minimum absolute atomic E-state index is 0.0439. The second kappa shape index (κ2) is 7.52. The zero-order valence-electron chi connectivity index (χ0n) is 12.5. The monoisotopic (exact) mass is 336 g/mol. The Hall–Kier alpha value is -1.71. The van der Waals surface area contributed by atoms with Crippen molar-refractivity contribution in [2.24, 2.45) is 0 Å². The molecule has 2 aromatic carbocycles. The van der Waals surface area contributed by atoms with Crippen molar-refractivity contribution >= 4 is 40.5 Å². The Morgan fingerprint density at radius 2 is 1.86 bits per heavy atom. The first-order valence-electron chi connectivity index (χ1n) is 7.02. The van der Waals surface area contributed by atoms with Gasteiger partial charge in [0.05, 0.1) is 15.7 Å². The van der Waals surface area contributed by atoms with Crippen LogP contribution in [0, 0.1) is 13.8 Å². The fraction of sp³-hybridized carbons (Fsp3) is 0.235. The molecule has 0 atom stereocenters. The average molecular weight is 337 g/mol. The summed E-state index contributed by atoms with van der Waals surface area (Å²) in [5, 5.41) is 6.99. The van der Waals surface area contributed by atoms with Gasteiger partial charge in [-0.15, -0.1) is 0 Å². The minimum atomic E-state index is -0.0439. The maximum Gasteiger partial charge on any atom is 0.226 e. The van der Waals surface area contributed by atoms with E-state index in [0.717, 1.165) is 16.9 Å². The molecule has 5 heteroatoms. The third kappa shape index (κ3) is 4.39. The molecule has 0 aliphatic rings. The molecule has 0 bridgehead atoms. The van der Waals surface area contributed by atoms with Crippen molar-refractivity contribution in [3.63, 3.8) is 0 Å². The van der Waals surface area contributed by atoms with E-state index in [0.29, 0.717) is 23.0 Å². The topological polar surface area (TPSA) is 41.1 Å². The highest BCUT2D eigenvalue weighted by molar-refractivity contribution is 6.43. The first-order chi connectivity index (χ1) is 10.5. The molecule has 0 spiro atoms. The Morgan fingerprint density at radius 1 is 1.09 bits per heavy atom. The molecular formula is C17H18Cl2N2O. The number of benzene rings is 2.